The Morgan fingerprint density at radius 2 is 2.00 bits per heavy atom. The molecule has 2 N–H and O–H groups in total. The first-order valence-electron chi connectivity index (χ1n) is 6.84. The zero-order valence-corrected chi connectivity index (χ0v) is 12.8. The Kier molecular flexibility index (Phi) is 4.46. The number of halogens is 1. The lowest BCUT2D eigenvalue weighted by Gasteiger charge is -2.14. The van der Waals surface area contributed by atoms with Crippen molar-refractivity contribution in [3.63, 3.8) is 0 Å². The van der Waals surface area contributed by atoms with Gasteiger partial charge in [-0.1, -0.05) is 0 Å². The molecule has 1 aliphatic rings. The van der Waals surface area contributed by atoms with Crippen molar-refractivity contribution in [2.75, 3.05) is 0 Å². The maximum absolute atomic E-state index is 13.9. The molecule has 0 atom stereocenters. The highest BCUT2D eigenvalue weighted by atomic mass is 32.2. The van der Waals surface area contributed by atoms with Crippen LogP contribution < -0.4 is 10.0 Å². The van der Waals surface area contributed by atoms with Gasteiger partial charge < -0.3 is 5.32 Å². The molecule has 0 aromatic heterocycles. The second-order valence-corrected chi connectivity index (χ2v) is 7.31. The fourth-order valence-electron chi connectivity index (χ4n) is 2.01. The highest BCUT2D eigenvalue weighted by Gasteiger charge is 2.23. The van der Waals surface area contributed by atoms with Crippen LogP contribution in [0.3, 0.4) is 0 Å². The molecule has 6 heteroatoms. The van der Waals surface area contributed by atoms with Gasteiger partial charge >= 0.3 is 0 Å². The molecule has 4 nitrogen and oxygen atoms in total. The number of sulfonamides is 1. The van der Waals surface area contributed by atoms with Crippen molar-refractivity contribution >= 4 is 10.0 Å². The van der Waals surface area contributed by atoms with Gasteiger partial charge in [0.1, 0.15) is 5.82 Å². The van der Waals surface area contributed by atoms with Gasteiger partial charge in [-0.25, -0.2) is 17.5 Å². The van der Waals surface area contributed by atoms with Crippen molar-refractivity contribution in [3.05, 3.63) is 29.1 Å². The van der Waals surface area contributed by atoms with Crippen LogP contribution in [0.4, 0.5) is 4.39 Å². The maximum atomic E-state index is 13.9. The van der Waals surface area contributed by atoms with Crippen LogP contribution in [0.1, 0.15) is 37.8 Å². The smallest absolute Gasteiger partial charge is 0.241 e. The Labute approximate surface area is 119 Å². The summed E-state index contributed by atoms with van der Waals surface area (Å²) in [7, 11) is -3.68. The minimum Gasteiger partial charge on any atom is -0.310 e. The van der Waals surface area contributed by atoms with E-state index in [2.05, 4.69) is 10.0 Å². The molecule has 0 heterocycles. The van der Waals surface area contributed by atoms with Crippen molar-refractivity contribution in [3.8, 4) is 0 Å². The first kappa shape index (κ1) is 15.4. The summed E-state index contributed by atoms with van der Waals surface area (Å²) < 4.78 is 40.9. The van der Waals surface area contributed by atoms with Gasteiger partial charge in [0.15, 0.2) is 0 Å². The molecule has 1 aromatic carbocycles. The minimum absolute atomic E-state index is 0.0267. The van der Waals surface area contributed by atoms with Crippen LogP contribution >= 0.6 is 0 Å². The summed E-state index contributed by atoms with van der Waals surface area (Å²) in [6.45, 7) is 5.46. The molecule has 0 bridgehead atoms. The molecule has 1 fully saturated rings. The zero-order chi connectivity index (χ0) is 14.9. The Balaban J connectivity index is 2.30. The Bertz CT molecular complexity index is 595. The summed E-state index contributed by atoms with van der Waals surface area (Å²) in [5, 5.41) is 3.26. The van der Waals surface area contributed by atoms with Gasteiger partial charge in [-0.2, -0.15) is 0 Å². The molecule has 0 unspecified atom stereocenters. The van der Waals surface area contributed by atoms with Crippen molar-refractivity contribution < 1.29 is 12.8 Å². The standard InChI is InChI=1S/C14H21FN2O2S/c1-9(2)17-20(18,19)14-7-11(6-13(15)10(14)3)8-16-12-4-5-12/h6-7,9,12,16-17H,4-5,8H2,1-3H3. The van der Waals surface area contributed by atoms with E-state index in [1.807, 2.05) is 0 Å². The van der Waals surface area contributed by atoms with Crippen LogP contribution in [0.2, 0.25) is 0 Å². The van der Waals surface area contributed by atoms with Crippen molar-refractivity contribution in [1.29, 1.82) is 0 Å². The molecule has 20 heavy (non-hydrogen) atoms. The average Bonchev–Trinajstić information content (AvgIpc) is 3.12. The molecule has 0 radical (unpaired) electrons. The first-order chi connectivity index (χ1) is 9.29. The van der Waals surface area contributed by atoms with E-state index in [9.17, 15) is 12.8 Å². The third-order valence-corrected chi connectivity index (χ3v) is 4.99. The van der Waals surface area contributed by atoms with E-state index in [1.54, 1.807) is 19.9 Å². The lowest BCUT2D eigenvalue weighted by Crippen LogP contribution is -2.31. The number of nitrogens with one attached hydrogen (secondary N) is 2. The number of hydrogen-bond acceptors (Lipinski definition) is 3. The SMILES string of the molecule is Cc1c(F)cc(CNC2CC2)cc1S(=O)(=O)NC(C)C. The fraction of sp³-hybridized carbons (Fsp3) is 0.571. The molecule has 1 aliphatic carbocycles. The van der Waals surface area contributed by atoms with E-state index in [0.717, 1.165) is 12.8 Å². The fourth-order valence-corrected chi connectivity index (χ4v) is 3.57. The Morgan fingerprint density at radius 1 is 1.35 bits per heavy atom. The van der Waals surface area contributed by atoms with Gasteiger partial charge in [0.25, 0.3) is 0 Å². The van der Waals surface area contributed by atoms with E-state index in [1.165, 1.54) is 13.0 Å². The normalized spacial score (nSPS) is 15.8. The number of benzene rings is 1. The predicted octanol–water partition coefficient (Wildman–Crippen LogP) is 2.07. The number of rotatable bonds is 6. The Morgan fingerprint density at radius 3 is 2.55 bits per heavy atom. The van der Waals surface area contributed by atoms with Crippen LogP contribution in [0, 0.1) is 12.7 Å². The lowest BCUT2D eigenvalue weighted by atomic mass is 10.1. The third-order valence-electron chi connectivity index (χ3n) is 3.21. The molecular formula is C14H21FN2O2S. The monoisotopic (exact) mass is 300 g/mol. The van der Waals surface area contributed by atoms with Gasteiger partial charge in [0.2, 0.25) is 10.0 Å². The highest BCUT2D eigenvalue weighted by Crippen LogP contribution is 2.23. The summed E-state index contributed by atoms with van der Waals surface area (Å²) in [6, 6.07) is 3.22. The second kappa shape index (κ2) is 5.79. The van der Waals surface area contributed by atoms with Gasteiger partial charge in [-0.15, -0.1) is 0 Å². The van der Waals surface area contributed by atoms with E-state index < -0.39 is 15.8 Å². The molecule has 0 amide bonds. The topological polar surface area (TPSA) is 58.2 Å². The van der Waals surface area contributed by atoms with Crippen LogP contribution in [0.15, 0.2) is 17.0 Å². The van der Waals surface area contributed by atoms with Crippen molar-refractivity contribution in [2.24, 2.45) is 0 Å². The van der Waals surface area contributed by atoms with E-state index in [4.69, 9.17) is 0 Å². The molecule has 1 saturated carbocycles. The van der Waals surface area contributed by atoms with Gasteiger partial charge in [-0.3, -0.25) is 0 Å². The van der Waals surface area contributed by atoms with Crippen LogP contribution in [-0.2, 0) is 16.6 Å². The molecule has 0 aliphatic heterocycles. The average molecular weight is 300 g/mol. The van der Waals surface area contributed by atoms with Gasteiger partial charge in [0, 0.05) is 24.2 Å². The zero-order valence-electron chi connectivity index (χ0n) is 12.0. The second-order valence-electron chi connectivity index (χ2n) is 5.63. The van der Waals surface area contributed by atoms with Gasteiger partial charge in [0.05, 0.1) is 4.90 Å². The molecule has 2 rings (SSSR count). The van der Waals surface area contributed by atoms with E-state index in [0.29, 0.717) is 18.2 Å². The summed E-state index contributed by atoms with van der Waals surface area (Å²) in [6.07, 6.45) is 2.27. The molecule has 1 aromatic rings. The molecule has 0 spiro atoms. The van der Waals surface area contributed by atoms with E-state index >= 15 is 0 Å². The van der Waals surface area contributed by atoms with Gasteiger partial charge in [-0.05, 0) is 51.3 Å². The summed E-state index contributed by atoms with van der Waals surface area (Å²) in [5.74, 6) is -0.482. The van der Waals surface area contributed by atoms with Crippen LogP contribution in [-0.4, -0.2) is 20.5 Å². The van der Waals surface area contributed by atoms with Crippen molar-refractivity contribution in [1.82, 2.24) is 10.0 Å². The summed E-state index contributed by atoms with van der Waals surface area (Å²) in [5.41, 5.74) is 0.817. The third kappa shape index (κ3) is 3.77. The maximum Gasteiger partial charge on any atom is 0.241 e. The minimum atomic E-state index is -3.68. The predicted molar refractivity (Wildman–Crippen MR) is 76.5 cm³/mol. The molecule has 0 saturated heterocycles. The lowest BCUT2D eigenvalue weighted by molar-refractivity contribution is 0.562. The number of hydrogen-bond donors (Lipinski definition) is 2. The van der Waals surface area contributed by atoms with Crippen molar-refractivity contribution in [2.45, 2.75) is 57.1 Å². The van der Waals surface area contributed by atoms with Crippen LogP contribution in [0.5, 0.6) is 0 Å². The summed E-state index contributed by atoms with van der Waals surface area (Å²) >= 11 is 0. The quantitative estimate of drug-likeness (QED) is 0.845. The van der Waals surface area contributed by atoms with E-state index in [-0.39, 0.29) is 16.5 Å². The summed E-state index contributed by atoms with van der Waals surface area (Å²) in [4.78, 5) is 0.0267. The van der Waals surface area contributed by atoms with Crippen LogP contribution in [0.25, 0.3) is 0 Å². The molecule has 112 valence electrons. The Hall–Kier alpha value is -0.980. The molecular weight excluding hydrogens is 279 g/mol. The largest absolute Gasteiger partial charge is 0.310 e. The first-order valence-corrected chi connectivity index (χ1v) is 8.32. The highest BCUT2D eigenvalue weighted by molar-refractivity contribution is 7.89.